The Balaban J connectivity index is 0.682. The number of phenolic OH excluding ortho intramolecular Hbond substituents is 1. The topological polar surface area (TPSA) is 160 Å². The number of ether oxygens (including phenoxy) is 1. The Morgan fingerprint density at radius 2 is 1.64 bits per heavy atom. The van der Waals surface area contributed by atoms with Crippen molar-refractivity contribution >= 4 is 50.9 Å². The van der Waals surface area contributed by atoms with Crippen molar-refractivity contribution in [2.24, 2.45) is 11.3 Å². The summed E-state index contributed by atoms with van der Waals surface area (Å²) >= 11 is 0. The van der Waals surface area contributed by atoms with E-state index in [2.05, 4.69) is 46.3 Å². The van der Waals surface area contributed by atoms with E-state index in [4.69, 9.17) is 9.72 Å². The number of carbonyl (C=O) groups is 3. The number of phenols is 1. The number of nitrogens with one attached hydrogen (secondary N) is 2. The largest absolute Gasteiger partial charge is 0.508 e. The quantitative estimate of drug-likeness (QED) is 0.125. The van der Waals surface area contributed by atoms with Crippen LogP contribution in [0.15, 0.2) is 54.7 Å². The highest BCUT2D eigenvalue weighted by molar-refractivity contribution is 6.06. The Morgan fingerprint density at radius 3 is 2.39 bits per heavy atom. The third-order valence-electron chi connectivity index (χ3n) is 16.1. The monoisotopic (exact) mass is 958 g/mol. The molecule has 3 atom stereocenters. The minimum atomic E-state index is -2.83. The van der Waals surface area contributed by atoms with Gasteiger partial charge in [-0.2, -0.15) is 9.97 Å². The van der Waals surface area contributed by atoms with E-state index in [9.17, 15) is 28.3 Å². The lowest BCUT2D eigenvalue weighted by Gasteiger charge is -2.40. The van der Waals surface area contributed by atoms with Gasteiger partial charge in [0.25, 0.3) is 12.3 Å². The normalized spacial score (nSPS) is 24.0. The fourth-order valence-corrected chi connectivity index (χ4v) is 12.2. The molecule has 6 fully saturated rings. The van der Waals surface area contributed by atoms with Crippen LogP contribution in [0.25, 0.3) is 32.9 Å². The third kappa shape index (κ3) is 8.54. The fraction of sp³-hybridized carbons (Fsp3) is 0.500. The Hall–Kier alpha value is -6.11. The van der Waals surface area contributed by atoms with Crippen LogP contribution in [-0.2, 0) is 16.1 Å². The van der Waals surface area contributed by atoms with Gasteiger partial charge in [0.15, 0.2) is 5.82 Å². The molecule has 5 saturated heterocycles. The van der Waals surface area contributed by atoms with Crippen LogP contribution in [0.2, 0.25) is 0 Å². The first kappa shape index (κ1) is 45.1. The van der Waals surface area contributed by atoms with Crippen molar-refractivity contribution in [3.63, 3.8) is 0 Å². The summed E-state index contributed by atoms with van der Waals surface area (Å²) in [4.78, 5) is 62.8. The van der Waals surface area contributed by atoms with E-state index >= 15 is 4.39 Å². The summed E-state index contributed by atoms with van der Waals surface area (Å²) in [6.45, 7) is 9.83. The average Bonchev–Trinajstić information content (AvgIpc) is 3.93. The SMILES string of the molecule is O=C1CC[C@H](N2Cc3cc(N4CCN(CC5CCN(CC6(COc7nc(N8CC9CCC(C8)N9)c8cnc(-c9cc(O)cc%10cccc(C(F)F)c9%10)c(F)c8n7)CC6)CC5)CC4)ccc3C2=O)C(=O)N1. The number of benzene rings is 3. The number of hydrogen-bond acceptors (Lipinski definition) is 13. The van der Waals surface area contributed by atoms with Crippen LogP contribution in [0.3, 0.4) is 0 Å². The smallest absolute Gasteiger partial charge is 0.319 e. The van der Waals surface area contributed by atoms with E-state index in [1.807, 2.05) is 12.1 Å². The number of fused-ring (bicyclic) bond motifs is 5. The number of rotatable bonds is 12. The second-order valence-corrected chi connectivity index (χ2v) is 20.8. The first-order chi connectivity index (χ1) is 33.9. The number of imide groups is 1. The van der Waals surface area contributed by atoms with Crippen molar-refractivity contribution in [1.29, 1.82) is 0 Å². The number of aromatic nitrogens is 3. The van der Waals surface area contributed by atoms with Gasteiger partial charge in [-0.05, 0) is 105 Å². The number of carbonyl (C=O) groups excluding carboxylic acids is 3. The lowest BCUT2D eigenvalue weighted by atomic mass is 9.94. The molecule has 7 aliphatic rings. The number of alkyl halides is 2. The molecule has 6 aliphatic heterocycles. The summed E-state index contributed by atoms with van der Waals surface area (Å²) in [6.07, 6.45) is 5.61. The van der Waals surface area contributed by atoms with Crippen molar-refractivity contribution in [1.82, 2.24) is 40.3 Å². The summed E-state index contributed by atoms with van der Waals surface area (Å²) in [5.74, 6) is -0.666. The molecule has 2 aromatic heterocycles. The molecule has 0 radical (unpaired) electrons. The van der Waals surface area contributed by atoms with Crippen molar-refractivity contribution in [2.75, 3.05) is 81.9 Å². The summed E-state index contributed by atoms with van der Waals surface area (Å²) in [7, 11) is 0. The minimum Gasteiger partial charge on any atom is -0.508 e. The van der Waals surface area contributed by atoms with Crippen molar-refractivity contribution in [3.8, 4) is 23.0 Å². The Morgan fingerprint density at radius 1 is 0.857 bits per heavy atom. The number of piperidine rings is 2. The zero-order valence-electron chi connectivity index (χ0n) is 39.0. The molecular formula is C52H57F3N10O5. The van der Waals surface area contributed by atoms with Crippen molar-refractivity contribution in [3.05, 3.63) is 77.2 Å². The van der Waals surface area contributed by atoms with E-state index in [-0.39, 0.29) is 75.2 Å². The van der Waals surface area contributed by atoms with Gasteiger partial charge in [-0.15, -0.1) is 0 Å². The van der Waals surface area contributed by atoms with Gasteiger partial charge < -0.3 is 34.8 Å². The van der Waals surface area contributed by atoms with Crippen LogP contribution in [0, 0.1) is 17.2 Å². The Labute approximate surface area is 403 Å². The van der Waals surface area contributed by atoms with E-state index < -0.39 is 24.2 Å². The predicted molar refractivity (Wildman–Crippen MR) is 256 cm³/mol. The third-order valence-corrected chi connectivity index (χ3v) is 16.1. The highest BCUT2D eigenvalue weighted by Gasteiger charge is 2.46. The minimum absolute atomic E-state index is 0.00348. The highest BCUT2D eigenvalue weighted by Crippen LogP contribution is 2.47. The summed E-state index contributed by atoms with van der Waals surface area (Å²) in [5, 5.41) is 17.6. The van der Waals surface area contributed by atoms with Gasteiger partial charge in [-0.3, -0.25) is 29.6 Å². The van der Waals surface area contributed by atoms with Crippen LogP contribution < -0.4 is 25.2 Å². The number of piperazine rings is 2. The number of halogens is 3. The number of nitrogens with zero attached hydrogens (tertiary/aromatic N) is 8. The molecule has 70 heavy (non-hydrogen) atoms. The van der Waals surface area contributed by atoms with Crippen LogP contribution in [0.1, 0.15) is 79.3 Å². The number of aromatic hydroxyl groups is 1. The van der Waals surface area contributed by atoms with Gasteiger partial charge in [-0.1, -0.05) is 18.2 Å². The maximum absolute atomic E-state index is 17.1. The zero-order valence-corrected chi connectivity index (χ0v) is 39.0. The molecule has 15 nitrogen and oxygen atoms in total. The van der Waals surface area contributed by atoms with E-state index in [0.29, 0.717) is 60.7 Å². The summed E-state index contributed by atoms with van der Waals surface area (Å²) < 4.78 is 52.3. The Kier molecular flexibility index (Phi) is 11.5. The number of hydrogen-bond donors (Lipinski definition) is 3. The van der Waals surface area contributed by atoms with E-state index in [1.165, 1.54) is 30.5 Å². The molecule has 366 valence electrons. The van der Waals surface area contributed by atoms with Crippen LogP contribution >= 0.6 is 0 Å². The van der Waals surface area contributed by atoms with Crippen LogP contribution in [-0.4, -0.2) is 143 Å². The lowest BCUT2D eigenvalue weighted by molar-refractivity contribution is -0.136. The zero-order chi connectivity index (χ0) is 47.8. The van der Waals surface area contributed by atoms with E-state index in [1.54, 1.807) is 11.0 Å². The molecule has 3 amide bonds. The molecule has 12 rings (SSSR count). The van der Waals surface area contributed by atoms with Gasteiger partial charge >= 0.3 is 6.01 Å². The molecule has 0 spiro atoms. The number of anilines is 2. The molecule has 3 aromatic carbocycles. The second-order valence-electron chi connectivity index (χ2n) is 20.8. The molecule has 18 heteroatoms. The lowest BCUT2D eigenvalue weighted by Crippen LogP contribution is -2.52. The molecular weight excluding hydrogens is 902 g/mol. The average molecular weight is 959 g/mol. The highest BCUT2D eigenvalue weighted by atomic mass is 19.3. The maximum Gasteiger partial charge on any atom is 0.319 e. The van der Waals surface area contributed by atoms with Gasteiger partial charge in [0, 0.05) is 117 Å². The fourth-order valence-electron chi connectivity index (χ4n) is 12.2. The first-order valence-electron chi connectivity index (χ1n) is 25.0. The Bertz CT molecular complexity index is 2890. The summed E-state index contributed by atoms with van der Waals surface area (Å²) in [5.41, 5.74) is 2.19. The molecule has 8 heterocycles. The van der Waals surface area contributed by atoms with Crippen molar-refractivity contribution < 1.29 is 37.4 Å². The number of likely N-dealkylation sites (tertiary alicyclic amines) is 1. The molecule has 5 aromatic rings. The van der Waals surface area contributed by atoms with Gasteiger partial charge in [0.1, 0.15) is 28.8 Å². The van der Waals surface area contributed by atoms with Crippen molar-refractivity contribution in [2.45, 2.75) is 82.5 Å². The van der Waals surface area contributed by atoms with Crippen LogP contribution in [0.5, 0.6) is 11.8 Å². The van der Waals surface area contributed by atoms with Gasteiger partial charge in [0.2, 0.25) is 11.8 Å². The van der Waals surface area contributed by atoms with Gasteiger partial charge in [-0.25, -0.2) is 13.2 Å². The van der Waals surface area contributed by atoms with E-state index in [0.717, 1.165) is 102 Å². The van der Waals surface area contributed by atoms with Gasteiger partial charge in [0.05, 0.1) is 12.0 Å². The summed E-state index contributed by atoms with van der Waals surface area (Å²) in [6, 6.07) is 13.1. The standard InChI is InChI=1S/C52H57F3N10O5/c53-44-45(39-22-36(66)21-31-2-1-3-38(43(31)39)47(54)55)56-23-40-46(44)59-51(60-48(40)64-26-33-4-5-34(27-64)57-33)70-29-52(12-13-52)28-62-14-10-30(11-15-62)24-61-16-18-63(19-17-61)35-6-7-37-32(20-35)25-65(50(37)69)41-8-9-42(67)58-49(41)68/h1-3,6-7,20-23,30,33-34,41,47,57,66H,4-5,8-19,24-29H2,(H,58,67,68)/t33?,34?,41-/m0/s1. The molecule has 1 aliphatic carbocycles. The molecule has 3 N–H and O–H groups in total. The molecule has 2 bridgehead atoms. The number of pyridine rings is 1. The molecule has 1 saturated carbocycles. The second kappa shape index (κ2) is 17.9. The van der Waals surface area contributed by atoms with Crippen LogP contribution in [0.4, 0.5) is 24.7 Å². The number of amides is 3. The molecule has 2 unspecified atom stereocenters. The first-order valence-corrected chi connectivity index (χ1v) is 25.0. The maximum atomic E-state index is 17.1. The predicted octanol–water partition coefficient (Wildman–Crippen LogP) is 6.02.